The van der Waals surface area contributed by atoms with Gasteiger partial charge in [-0.3, -0.25) is 0 Å². The van der Waals surface area contributed by atoms with E-state index in [1.165, 1.54) is 39.0 Å². The summed E-state index contributed by atoms with van der Waals surface area (Å²) in [6, 6.07) is -0.317. The summed E-state index contributed by atoms with van der Waals surface area (Å²) in [5, 5.41) is 26.6. The molecule has 0 amide bonds. The number of ether oxygens (including phenoxy) is 3. The Bertz CT molecular complexity index is 808. The largest absolute Gasteiger partial charge is 0.478 e. The Kier molecular flexibility index (Phi) is 11.6. The lowest BCUT2D eigenvalue weighted by molar-refractivity contribution is -0.133. The topological polar surface area (TPSA) is 178 Å². The van der Waals surface area contributed by atoms with Gasteiger partial charge in [0.2, 0.25) is 0 Å². The standard InChI is InChI=1S/C21H27N3O9/c1-13(16(25)26)7-4-10-31-19-22-20(32-11-5-8-14(2)17(27)28)24-21(23-19)33-12-6-9-15(3)18(29)30/h7-9H,4-6,10-12H2,1-3H3,(H,25,26)(H,27,28)(H,29,30). The summed E-state index contributed by atoms with van der Waals surface area (Å²) in [5.41, 5.74) is 0.533. The maximum Gasteiger partial charge on any atom is 0.330 e. The number of hydrogen-bond acceptors (Lipinski definition) is 9. The lowest BCUT2D eigenvalue weighted by atomic mass is 10.2. The van der Waals surface area contributed by atoms with Crippen LogP contribution >= 0.6 is 0 Å². The molecule has 0 bridgehead atoms. The van der Waals surface area contributed by atoms with E-state index in [0.717, 1.165) is 0 Å². The molecule has 0 aliphatic rings. The highest BCUT2D eigenvalue weighted by molar-refractivity contribution is 5.86. The van der Waals surface area contributed by atoms with Gasteiger partial charge in [-0.2, -0.15) is 0 Å². The van der Waals surface area contributed by atoms with E-state index in [0.29, 0.717) is 19.3 Å². The number of rotatable bonds is 15. The van der Waals surface area contributed by atoms with E-state index < -0.39 is 17.9 Å². The van der Waals surface area contributed by atoms with Crippen LogP contribution in [-0.4, -0.2) is 68.0 Å². The normalized spacial score (nSPS) is 12.3. The van der Waals surface area contributed by atoms with Crippen LogP contribution in [0.2, 0.25) is 0 Å². The zero-order chi connectivity index (χ0) is 24.8. The fraction of sp³-hybridized carbons (Fsp3) is 0.429. The van der Waals surface area contributed by atoms with E-state index in [1.807, 2.05) is 0 Å². The SMILES string of the molecule is CC(=CCCOc1nc(OCCC=C(C)C(=O)O)nc(OCCC=C(C)C(=O)O)n1)C(=O)O. The monoisotopic (exact) mass is 465 g/mol. The molecule has 3 N–H and O–H groups in total. The van der Waals surface area contributed by atoms with E-state index in [4.69, 9.17) is 29.5 Å². The number of carboxylic acid groups (broad SMARTS) is 3. The molecular weight excluding hydrogens is 438 g/mol. The van der Waals surface area contributed by atoms with E-state index in [1.54, 1.807) is 0 Å². The molecule has 1 aromatic heterocycles. The molecular formula is C21H27N3O9. The maximum atomic E-state index is 10.8. The van der Waals surface area contributed by atoms with Crippen LogP contribution in [-0.2, 0) is 14.4 Å². The van der Waals surface area contributed by atoms with Crippen molar-refractivity contribution < 1.29 is 43.9 Å². The molecule has 12 nitrogen and oxygen atoms in total. The van der Waals surface area contributed by atoms with Gasteiger partial charge in [0.25, 0.3) is 0 Å². The average Bonchev–Trinajstić information content (AvgIpc) is 2.76. The number of aromatic nitrogens is 3. The van der Waals surface area contributed by atoms with Crippen molar-refractivity contribution in [3.63, 3.8) is 0 Å². The van der Waals surface area contributed by atoms with Gasteiger partial charge in [-0.15, -0.1) is 15.0 Å². The van der Waals surface area contributed by atoms with Crippen LogP contribution in [0.1, 0.15) is 40.0 Å². The fourth-order valence-electron chi connectivity index (χ4n) is 2.05. The van der Waals surface area contributed by atoms with Crippen LogP contribution in [0.4, 0.5) is 0 Å². The average molecular weight is 465 g/mol. The molecule has 0 spiro atoms. The minimum absolute atomic E-state index is 0.0919. The van der Waals surface area contributed by atoms with Crippen molar-refractivity contribution in [2.75, 3.05) is 19.8 Å². The third-order valence-electron chi connectivity index (χ3n) is 3.98. The highest BCUT2D eigenvalue weighted by Crippen LogP contribution is 2.16. The van der Waals surface area contributed by atoms with Gasteiger partial charge in [0, 0.05) is 36.0 Å². The van der Waals surface area contributed by atoms with E-state index in [9.17, 15) is 14.4 Å². The molecule has 0 aromatic carbocycles. The molecule has 0 radical (unpaired) electrons. The summed E-state index contributed by atoms with van der Waals surface area (Å²) >= 11 is 0. The van der Waals surface area contributed by atoms with Gasteiger partial charge in [-0.1, -0.05) is 18.2 Å². The third-order valence-corrected chi connectivity index (χ3v) is 3.98. The number of carbonyl (C=O) groups is 3. The summed E-state index contributed by atoms with van der Waals surface area (Å²) in [6.07, 6.45) is 5.38. The predicted molar refractivity (Wildman–Crippen MR) is 114 cm³/mol. The van der Waals surface area contributed by atoms with Crippen molar-refractivity contribution >= 4 is 17.9 Å². The molecule has 0 saturated carbocycles. The van der Waals surface area contributed by atoms with Gasteiger partial charge in [0.15, 0.2) is 0 Å². The van der Waals surface area contributed by atoms with Crippen LogP contribution in [0.3, 0.4) is 0 Å². The Labute approximate surface area is 190 Å². The highest BCUT2D eigenvalue weighted by Gasteiger charge is 2.11. The van der Waals surface area contributed by atoms with Gasteiger partial charge in [-0.25, -0.2) is 14.4 Å². The first kappa shape index (κ1) is 27.1. The van der Waals surface area contributed by atoms with Gasteiger partial charge < -0.3 is 29.5 Å². The zero-order valence-electron chi connectivity index (χ0n) is 18.6. The molecule has 1 rings (SSSR count). The molecule has 1 heterocycles. The molecule has 180 valence electrons. The van der Waals surface area contributed by atoms with Crippen LogP contribution in [0, 0.1) is 0 Å². The Balaban J connectivity index is 2.81. The van der Waals surface area contributed by atoms with Crippen LogP contribution in [0.25, 0.3) is 0 Å². The van der Waals surface area contributed by atoms with E-state index >= 15 is 0 Å². The first-order valence-electron chi connectivity index (χ1n) is 9.94. The molecule has 0 unspecified atom stereocenters. The fourth-order valence-corrected chi connectivity index (χ4v) is 2.05. The lowest BCUT2D eigenvalue weighted by Crippen LogP contribution is -2.09. The highest BCUT2D eigenvalue weighted by atomic mass is 16.5. The molecule has 1 aromatic rings. The van der Waals surface area contributed by atoms with Crippen molar-refractivity contribution in [2.24, 2.45) is 0 Å². The minimum Gasteiger partial charge on any atom is -0.478 e. The summed E-state index contributed by atoms with van der Waals surface area (Å²) < 4.78 is 16.3. The van der Waals surface area contributed by atoms with Crippen LogP contribution < -0.4 is 14.2 Å². The molecule has 0 atom stereocenters. The summed E-state index contributed by atoms with van der Waals surface area (Å²) in [7, 11) is 0. The quantitative estimate of drug-likeness (QED) is 0.254. The second kappa shape index (κ2) is 14.2. The second-order valence-electron chi connectivity index (χ2n) is 6.67. The molecule has 33 heavy (non-hydrogen) atoms. The van der Waals surface area contributed by atoms with Gasteiger partial charge in [-0.05, 0) is 20.8 Å². The Morgan fingerprint density at radius 3 is 1.06 bits per heavy atom. The van der Waals surface area contributed by atoms with Gasteiger partial charge >= 0.3 is 35.9 Å². The smallest absolute Gasteiger partial charge is 0.330 e. The zero-order valence-corrected chi connectivity index (χ0v) is 18.6. The summed E-state index contributed by atoms with van der Waals surface area (Å²) in [4.78, 5) is 44.5. The minimum atomic E-state index is -1.03. The molecule has 0 fully saturated rings. The molecule has 0 saturated heterocycles. The summed E-state index contributed by atoms with van der Waals surface area (Å²) in [5.74, 6) is -3.08. The van der Waals surface area contributed by atoms with Crippen molar-refractivity contribution in [1.82, 2.24) is 15.0 Å². The molecule has 12 heteroatoms. The first-order valence-corrected chi connectivity index (χ1v) is 9.94. The Morgan fingerprint density at radius 2 is 0.848 bits per heavy atom. The number of nitrogens with zero attached hydrogens (tertiary/aromatic N) is 3. The van der Waals surface area contributed by atoms with Crippen LogP contribution in [0.15, 0.2) is 34.9 Å². The van der Waals surface area contributed by atoms with Crippen molar-refractivity contribution in [2.45, 2.75) is 40.0 Å². The Hall–Kier alpha value is -3.96. The second-order valence-corrected chi connectivity index (χ2v) is 6.67. The van der Waals surface area contributed by atoms with Gasteiger partial charge in [0.05, 0.1) is 19.8 Å². The van der Waals surface area contributed by atoms with Crippen molar-refractivity contribution in [1.29, 1.82) is 0 Å². The lowest BCUT2D eigenvalue weighted by Gasteiger charge is -2.09. The third kappa shape index (κ3) is 11.3. The van der Waals surface area contributed by atoms with Crippen molar-refractivity contribution in [3.8, 4) is 18.0 Å². The predicted octanol–water partition coefficient (Wildman–Crippen LogP) is 2.27. The van der Waals surface area contributed by atoms with Crippen molar-refractivity contribution in [3.05, 3.63) is 34.9 Å². The number of aliphatic carboxylic acids is 3. The van der Waals surface area contributed by atoms with Gasteiger partial charge in [0.1, 0.15) is 0 Å². The maximum absolute atomic E-state index is 10.8. The van der Waals surface area contributed by atoms with E-state index in [2.05, 4.69) is 15.0 Å². The Morgan fingerprint density at radius 1 is 0.606 bits per heavy atom. The van der Waals surface area contributed by atoms with Crippen LogP contribution in [0.5, 0.6) is 18.0 Å². The summed E-state index contributed by atoms with van der Waals surface area (Å²) in [6.45, 7) is 4.66. The number of carboxylic acids is 3. The first-order chi connectivity index (χ1) is 15.6. The molecule has 0 aliphatic heterocycles. The van der Waals surface area contributed by atoms with E-state index in [-0.39, 0.29) is 54.6 Å². The number of hydrogen-bond donors (Lipinski definition) is 3. The molecule has 0 aliphatic carbocycles.